The van der Waals surface area contributed by atoms with Gasteiger partial charge in [0.2, 0.25) is 0 Å². The predicted molar refractivity (Wildman–Crippen MR) is 59.1 cm³/mol. The molecule has 0 bridgehead atoms. The number of Topliss-reactive ketones (excluding diaryl/α,β-unsaturated/α-hetero) is 1. The Labute approximate surface area is 90.3 Å². The first-order valence-electron chi connectivity index (χ1n) is 4.52. The van der Waals surface area contributed by atoms with Crippen LogP contribution in [0.1, 0.15) is 33.0 Å². The summed E-state index contributed by atoms with van der Waals surface area (Å²) in [5.41, 5.74) is 1.42. The van der Waals surface area contributed by atoms with Crippen LogP contribution in [0.5, 0.6) is 0 Å². The quantitative estimate of drug-likeness (QED) is 0.588. The summed E-state index contributed by atoms with van der Waals surface area (Å²) in [6, 6.07) is 2.09. The van der Waals surface area contributed by atoms with E-state index in [-0.39, 0.29) is 5.78 Å². The fourth-order valence-corrected chi connectivity index (χ4v) is 3.37. The molecular weight excluding hydrogens is 248 g/mol. The lowest BCUT2D eigenvalue weighted by Gasteiger charge is -2.08. The molecule has 2 rings (SSSR count). The van der Waals surface area contributed by atoms with E-state index < -0.39 is 0 Å². The molecule has 1 aromatic heterocycles. The van der Waals surface area contributed by atoms with Crippen LogP contribution in [-0.2, 0) is 12.8 Å². The fraction of sp³-hybridized carbons (Fsp3) is 0.500. The molecule has 0 aliphatic heterocycles. The van der Waals surface area contributed by atoms with Crippen molar-refractivity contribution in [3.05, 3.63) is 21.4 Å². The lowest BCUT2D eigenvalue weighted by atomic mass is 9.99. The van der Waals surface area contributed by atoms with Crippen LogP contribution in [0, 0.1) is 0 Å². The van der Waals surface area contributed by atoms with Gasteiger partial charge in [-0.25, -0.2) is 0 Å². The van der Waals surface area contributed by atoms with E-state index >= 15 is 0 Å². The second kappa shape index (κ2) is 3.93. The van der Waals surface area contributed by atoms with Gasteiger partial charge in [0.05, 0.1) is 10.2 Å². The maximum atomic E-state index is 11.4. The van der Waals surface area contributed by atoms with E-state index in [1.54, 1.807) is 11.3 Å². The Morgan fingerprint density at radius 1 is 1.46 bits per heavy atom. The highest BCUT2D eigenvalue weighted by molar-refractivity contribution is 9.09. The van der Waals surface area contributed by atoms with Crippen LogP contribution >= 0.6 is 27.3 Å². The molecule has 1 aliphatic rings. The van der Waals surface area contributed by atoms with E-state index in [0.717, 1.165) is 4.88 Å². The van der Waals surface area contributed by atoms with Crippen LogP contribution in [0.4, 0.5) is 0 Å². The highest BCUT2D eigenvalue weighted by Gasteiger charge is 2.16. The summed E-state index contributed by atoms with van der Waals surface area (Å²) in [4.78, 5) is 13.8. The molecule has 0 N–H and O–H groups in total. The average molecular weight is 259 g/mol. The molecule has 0 saturated carbocycles. The summed E-state index contributed by atoms with van der Waals surface area (Å²) in [5, 5.41) is 0.451. The number of hydrogen-bond donors (Lipinski definition) is 0. The van der Waals surface area contributed by atoms with Crippen LogP contribution < -0.4 is 0 Å². The van der Waals surface area contributed by atoms with E-state index in [1.807, 2.05) is 0 Å². The molecule has 0 unspecified atom stereocenters. The van der Waals surface area contributed by atoms with E-state index in [1.165, 1.54) is 36.1 Å². The van der Waals surface area contributed by atoms with E-state index in [2.05, 4.69) is 22.0 Å². The lowest BCUT2D eigenvalue weighted by Crippen LogP contribution is -1.97. The summed E-state index contributed by atoms with van der Waals surface area (Å²) in [6.45, 7) is 0. The van der Waals surface area contributed by atoms with Gasteiger partial charge in [-0.05, 0) is 37.3 Å². The molecule has 3 heteroatoms. The molecule has 1 aliphatic carbocycles. The van der Waals surface area contributed by atoms with Gasteiger partial charge in [0.1, 0.15) is 0 Å². The number of fused-ring (bicyclic) bond motifs is 1. The van der Waals surface area contributed by atoms with Crippen molar-refractivity contribution in [3.63, 3.8) is 0 Å². The molecule has 0 fully saturated rings. The second-order valence-corrected chi connectivity index (χ2v) is 5.02. The number of alkyl halides is 1. The van der Waals surface area contributed by atoms with Gasteiger partial charge in [-0.3, -0.25) is 4.79 Å². The van der Waals surface area contributed by atoms with Gasteiger partial charge in [0.25, 0.3) is 0 Å². The van der Waals surface area contributed by atoms with Gasteiger partial charge >= 0.3 is 0 Å². The average Bonchev–Trinajstić information content (AvgIpc) is 2.59. The standard InChI is InChI=1S/C10H11BrOS/c11-6-8(12)10-5-7-3-1-2-4-9(7)13-10/h5H,1-4,6H2. The van der Waals surface area contributed by atoms with Crippen LogP contribution in [-0.4, -0.2) is 11.1 Å². The molecule has 70 valence electrons. The normalized spacial score (nSPS) is 15.5. The van der Waals surface area contributed by atoms with Gasteiger partial charge < -0.3 is 0 Å². The Hall–Kier alpha value is -0.150. The molecule has 0 aromatic carbocycles. The van der Waals surface area contributed by atoms with Crippen molar-refractivity contribution in [1.82, 2.24) is 0 Å². The third-order valence-corrected chi connectivity index (χ3v) is 4.18. The molecule has 1 nitrogen and oxygen atoms in total. The maximum absolute atomic E-state index is 11.4. The predicted octanol–water partition coefficient (Wildman–Crippen LogP) is 3.20. The first kappa shape index (κ1) is 9.41. The van der Waals surface area contributed by atoms with Gasteiger partial charge in [-0.1, -0.05) is 15.9 Å². The summed E-state index contributed by atoms with van der Waals surface area (Å²) >= 11 is 4.89. The molecule has 13 heavy (non-hydrogen) atoms. The van der Waals surface area contributed by atoms with Crippen molar-refractivity contribution in [2.24, 2.45) is 0 Å². The monoisotopic (exact) mass is 258 g/mol. The summed E-state index contributed by atoms with van der Waals surface area (Å²) in [6.07, 6.45) is 4.91. The molecule has 0 atom stereocenters. The molecule has 0 amide bonds. The summed E-state index contributed by atoms with van der Waals surface area (Å²) < 4.78 is 0. The largest absolute Gasteiger partial charge is 0.292 e. The number of hydrogen-bond acceptors (Lipinski definition) is 2. The smallest absolute Gasteiger partial charge is 0.183 e. The Morgan fingerprint density at radius 3 is 2.92 bits per heavy atom. The minimum absolute atomic E-state index is 0.222. The molecule has 1 heterocycles. The van der Waals surface area contributed by atoms with Crippen molar-refractivity contribution in [1.29, 1.82) is 0 Å². The fourth-order valence-electron chi connectivity index (χ4n) is 1.69. The molecule has 0 spiro atoms. The Balaban J connectivity index is 2.30. The van der Waals surface area contributed by atoms with Crippen molar-refractivity contribution in [2.75, 3.05) is 5.33 Å². The third-order valence-electron chi connectivity index (χ3n) is 2.39. The number of ketones is 1. The van der Waals surface area contributed by atoms with Crippen molar-refractivity contribution in [3.8, 4) is 0 Å². The first-order valence-corrected chi connectivity index (χ1v) is 6.46. The van der Waals surface area contributed by atoms with Crippen LogP contribution in [0.2, 0.25) is 0 Å². The van der Waals surface area contributed by atoms with Gasteiger partial charge in [0, 0.05) is 4.88 Å². The zero-order valence-electron chi connectivity index (χ0n) is 7.31. The number of carbonyl (C=O) groups is 1. The van der Waals surface area contributed by atoms with E-state index in [9.17, 15) is 4.79 Å². The Bertz CT molecular complexity index is 306. The molecule has 0 saturated heterocycles. The van der Waals surface area contributed by atoms with Gasteiger partial charge in [-0.2, -0.15) is 0 Å². The summed E-state index contributed by atoms with van der Waals surface area (Å²) in [7, 11) is 0. The zero-order chi connectivity index (χ0) is 9.26. The highest BCUT2D eigenvalue weighted by atomic mass is 79.9. The topological polar surface area (TPSA) is 17.1 Å². The first-order chi connectivity index (χ1) is 6.31. The van der Waals surface area contributed by atoms with Crippen LogP contribution in [0.3, 0.4) is 0 Å². The molecule has 1 aromatic rings. The second-order valence-electron chi connectivity index (χ2n) is 3.32. The molecular formula is C10H11BrOS. The van der Waals surface area contributed by atoms with Crippen molar-refractivity contribution >= 4 is 33.0 Å². The van der Waals surface area contributed by atoms with E-state index in [0.29, 0.717) is 5.33 Å². The van der Waals surface area contributed by atoms with Crippen molar-refractivity contribution in [2.45, 2.75) is 25.7 Å². The molecule has 0 radical (unpaired) electrons. The minimum atomic E-state index is 0.222. The van der Waals surface area contributed by atoms with E-state index in [4.69, 9.17) is 0 Å². The third kappa shape index (κ3) is 1.86. The lowest BCUT2D eigenvalue weighted by molar-refractivity contribution is 0.102. The number of aryl methyl sites for hydroxylation is 2. The van der Waals surface area contributed by atoms with Gasteiger partial charge in [-0.15, -0.1) is 11.3 Å². The SMILES string of the molecule is O=C(CBr)c1cc2c(s1)CCCC2. The maximum Gasteiger partial charge on any atom is 0.183 e. The van der Waals surface area contributed by atoms with Crippen LogP contribution in [0.25, 0.3) is 0 Å². The highest BCUT2D eigenvalue weighted by Crippen LogP contribution is 2.29. The Kier molecular flexibility index (Phi) is 2.84. The Morgan fingerprint density at radius 2 is 2.23 bits per heavy atom. The number of rotatable bonds is 2. The minimum Gasteiger partial charge on any atom is -0.292 e. The van der Waals surface area contributed by atoms with Crippen LogP contribution in [0.15, 0.2) is 6.07 Å². The number of thiophene rings is 1. The van der Waals surface area contributed by atoms with Gasteiger partial charge in [0.15, 0.2) is 5.78 Å². The zero-order valence-corrected chi connectivity index (χ0v) is 9.71. The summed E-state index contributed by atoms with van der Waals surface area (Å²) in [5.74, 6) is 0.222. The van der Waals surface area contributed by atoms with Crippen molar-refractivity contribution < 1.29 is 4.79 Å². The number of halogens is 1. The number of carbonyl (C=O) groups excluding carboxylic acids is 1.